The number of rotatable bonds is 5. The smallest absolute Gasteiger partial charge is 0.280 e. The van der Waals surface area contributed by atoms with Crippen molar-refractivity contribution < 1.29 is 9.48 Å². The third-order valence-corrected chi connectivity index (χ3v) is 4.89. The van der Waals surface area contributed by atoms with Gasteiger partial charge in [-0.2, -0.15) is 5.43 Å². The van der Waals surface area contributed by atoms with Gasteiger partial charge in [0, 0.05) is 15.6 Å². The van der Waals surface area contributed by atoms with E-state index in [4.69, 9.17) is 0 Å². The first-order valence-electron chi connectivity index (χ1n) is 9.34. The van der Waals surface area contributed by atoms with Gasteiger partial charge in [0.2, 0.25) is 0 Å². The van der Waals surface area contributed by atoms with E-state index in [1.807, 2.05) is 84.9 Å². The van der Waals surface area contributed by atoms with Crippen molar-refractivity contribution in [1.29, 1.82) is 0 Å². The van der Waals surface area contributed by atoms with Crippen LogP contribution in [0.1, 0.15) is 10.4 Å². The Kier molecular flexibility index (Phi) is 6.06. The van der Waals surface area contributed by atoms with E-state index in [0.29, 0.717) is 5.56 Å². The molecular formula is C24H18BrN4O+. The predicted molar refractivity (Wildman–Crippen MR) is 121 cm³/mol. The first-order chi connectivity index (χ1) is 14.7. The quantitative estimate of drug-likeness (QED) is 0.151. The maximum atomic E-state index is 13.2. The highest BCUT2D eigenvalue weighted by Gasteiger charge is 2.27. The second kappa shape index (κ2) is 9.24. The molecule has 0 saturated carbocycles. The highest BCUT2D eigenvalue weighted by atomic mass is 79.9. The molecule has 0 unspecified atom stereocenters. The average molecular weight is 458 g/mol. The lowest BCUT2D eigenvalue weighted by Gasteiger charge is -2.04. The standard InChI is InChI=1S/C24H17BrN4O/c25-20-15-13-18(14-16-20)22-12-7-17-29(28-22)24(23(30)19-8-3-1-4-9-19)27-26-21-10-5-2-6-11-21/h1-17H/p+1. The van der Waals surface area contributed by atoms with E-state index in [9.17, 15) is 4.79 Å². The van der Waals surface area contributed by atoms with Crippen molar-refractivity contribution in [1.82, 2.24) is 5.10 Å². The molecule has 0 aliphatic heterocycles. The molecule has 0 bridgehead atoms. The Morgan fingerprint density at radius 1 is 0.833 bits per heavy atom. The maximum Gasteiger partial charge on any atom is 0.421 e. The molecule has 0 radical (unpaired) electrons. The monoisotopic (exact) mass is 457 g/mol. The topological polar surface area (TPSA) is 58.2 Å². The van der Waals surface area contributed by atoms with Crippen molar-refractivity contribution in [3.63, 3.8) is 0 Å². The Bertz CT molecular complexity index is 1180. The van der Waals surface area contributed by atoms with E-state index in [1.54, 1.807) is 18.3 Å². The number of hydrogen-bond donors (Lipinski definition) is 1. The minimum Gasteiger partial charge on any atom is -0.280 e. The van der Waals surface area contributed by atoms with Gasteiger partial charge in [-0.05, 0) is 36.4 Å². The third-order valence-electron chi connectivity index (χ3n) is 4.36. The summed E-state index contributed by atoms with van der Waals surface area (Å²) in [5, 5.41) is 9.04. The first-order valence-corrected chi connectivity index (χ1v) is 10.1. The summed E-state index contributed by atoms with van der Waals surface area (Å²) in [4.78, 5) is 13.2. The molecule has 0 aliphatic rings. The first kappa shape index (κ1) is 19.7. The van der Waals surface area contributed by atoms with Crippen LogP contribution in [0.25, 0.3) is 11.3 Å². The zero-order chi connectivity index (χ0) is 20.8. The van der Waals surface area contributed by atoms with Gasteiger partial charge in [0.1, 0.15) is 11.9 Å². The normalized spacial score (nSPS) is 11.2. The minimum absolute atomic E-state index is 0.170. The Balaban J connectivity index is 1.74. The average Bonchev–Trinajstić information content (AvgIpc) is 2.81. The second-order valence-corrected chi connectivity index (χ2v) is 7.37. The van der Waals surface area contributed by atoms with E-state index in [-0.39, 0.29) is 11.6 Å². The fourth-order valence-corrected chi connectivity index (χ4v) is 3.11. The van der Waals surface area contributed by atoms with Crippen LogP contribution >= 0.6 is 15.9 Å². The van der Waals surface area contributed by atoms with Gasteiger partial charge in [-0.3, -0.25) is 4.79 Å². The van der Waals surface area contributed by atoms with E-state index in [0.717, 1.165) is 21.4 Å². The van der Waals surface area contributed by atoms with E-state index in [1.165, 1.54) is 4.68 Å². The van der Waals surface area contributed by atoms with Crippen molar-refractivity contribution in [2.75, 3.05) is 5.43 Å². The molecule has 5 nitrogen and oxygen atoms in total. The molecule has 0 aliphatic carbocycles. The highest BCUT2D eigenvalue weighted by molar-refractivity contribution is 9.10. The zero-order valence-electron chi connectivity index (χ0n) is 15.9. The molecule has 146 valence electrons. The van der Waals surface area contributed by atoms with Crippen molar-refractivity contribution in [2.24, 2.45) is 5.10 Å². The number of benzene rings is 3. The molecule has 0 saturated heterocycles. The van der Waals surface area contributed by atoms with Crippen LogP contribution in [-0.4, -0.2) is 16.7 Å². The molecule has 0 spiro atoms. The molecule has 4 rings (SSSR count). The summed E-state index contributed by atoms with van der Waals surface area (Å²) in [6, 6.07) is 30.1. The van der Waals surface area contributed by atoms with Gasteiger partial charge < -0.3 is 0 Å². The van der Waals surface area contributed by atoms with Gasteiger partial charge in [-0.15, -0.1) is 0 Å². The second-order valence-electron chi connectivity index (χ2n) is 6.45. The summed E-state index contributed by atoms with van der Waals surface area (Å²) in [6.07, 6.45) is 1.72. The number of ketones is 1. The van der Waals surface area contributed by atoms with Gasteiger partial charge in [-0.1, -0.05) is 86.4 Å². The van der Waals surface area contributed by atoms with Gasteiger partial charge in [-0.25, -0.2) is 0 Å². The number of Topliss-reactive ketones (excluding diaryl/α,β-unsaturated/α-hetero) is 1. The largest absolute Gasteiger partial charge is 0.421 e. The summed E-state index contributed by atoms with van der Waals surface area (Å²) < 4.78 is 2.49. The van der Waals surface area contributed by atoms with Crippen LogP contribution in [0, 0.1) is 0 Å². The maximum absolute atomic E-state index is 13.2. The number of halogens is 1. The number of nitrogens with one attached hydrogen (secondary N) is 1. The molecule has 3 aromatic carbocycles. The van der Waals surface area contributed by atoms with Crippen LogP contribution in [0.3, 0.4) is 0 Å². The summed E-state index contributed by atoms with van der Waals surface area (Å²) in [7, 11) is 0. The lowest BCUT2D eigenvalue weighted by Crippen LogP contribution is -2.51. The van der Waals surface area contributed by atoms with Gasteiger partial charge in [0.05, 0.1) is 10.8 Å². The number of carbonyl (C=O) groups is 1. The van der Waals surface area contributed by atoms with E-state index in [2.05, 4.69) is 31.6 Å². The molecule has 1 N–H and O–H groups in total. The van der Waals surface area contributed by atoms with Crippen LogP contribution in [0.2, 0.25) is 0 Å². The number of aromatic nitrogens is 2. The highest BCUT2D eigenvalue weighted by Crippen LogP contribution is 2.18. The van der Waals surface area contributed by atoms with Crippen LogP contribution in [0.15, 0.2) is 113 Å². The number of hydrazone groups is 1. The molecule has 30 heavy (non-hydrogen) atoms. The van der Waals surface area contributed by atoms with E-state index < -0.39 is 0 Å². The SMILES string of the molecule is O=C(C(=NNc1ccccc1)[n+]1cccc(-c2ccc(Br)cc2)n1)c1ccccc1. The molecular weight excluding hydrogens is 440 g/mol. The number of carbonyl (C=O) groups excluding carboxylic acids is 1. The molecule has 0 amide bonds. The number of para-hydroxylation sites is 1. The summed E-state index contributed by atoms with van der Waals surface area (Å²) in [5.41, 5.74) is 5.95. The molecule has 0 atom stereocenters. The molecule has 4 aromatic rings. The lowest BCUT2D eigenvalue weighted by molar-refractivity contribution is -0.618. The fraction of sp³-hybridized carbons (Fsp3) is 0. The number of nitrogens with zero attached hydrogens (tertiary/aromatic N) is 3. The van der Waals surface area contributed by atoms with Crippen molar-refractivity contribution >= 4 is 33.2 Å². The van der Waals surface area contributed by atoms with Gasteiger partial charge in [0.25, 0.3) is 5.78 Å². The van der Waals surface area contributed by atoms with Crippen LogP contribution < -0.4 is 10.1 Å². The molecule has 0 fully saturated rings. The lowest BCUT2D eigenvalue weighted by atomic mass is 10.1. The van der Waals surface area contributed by atoms with E-state index >= 15 is 0 Å². The molecule has 1 aromatic heterocycles. The van der Waals surface area contributed by atoms with Crippen LogP contribution in [0.5, 0.6) is 0 Å². The molecule has 1 heterocycles. The number of hydrogen-bond acceptors (Lipinski definition) is 4. The van der Waals surface area contributed by atoms with Crippen molar-refractivity contribution in [3.8, 4) is 11.3 Å². The Morgan fingerprint density at radius 3 is 2.20 bits per heavy atom. The van der Waals surface area contributed by atoms with Crippen LogP contribution in [0.4, 0.5) is 5.69 Å². The van der Waals surface area contributed by atoms with Gasteiger partial charge >= 0.3 is 5.84 Å². The zero-order valence-corrected chi connectivity index (χ0v) is 17.5. The van der Waals surface area contributed by atoms with Crippen molar-refractivity contribution in [3.05, 3.63) is 113 Å². The van der Waals surface area contributed by atoms with Crippen molar-refractivity contribution in [2.45, 2.75) is 0 Å². The summed E-state index contributed by atoms with van der Waals surface area (Å²) in [6.45, 7) is 0. The predicted octanol–water partition coefficient (Wildman–Crippen LogP) is 4.96. The summed E-state index contributed by atoms with van der Waals surface area (Å²) in [5.74, 6) is -0.0616. The number of anilines is 1. The minimum atomic E-state index is -0.232. The third kappa shape index (κ3) is 4.67. The Hall–Kier alpha value is -3.64. The Morgan fingerprint density at radius 2 is 1.50 bits per heavy atom. The van der Waals surface area contributed by atoms with Gasteiger partial charge in [0.15, 0.2) is 0 Å². The molecule has 6 heteroatoms. The fourth-order valence-electron chi connectivity index (χ4n) is 2.85. The summed E-state index contributed by atoms with van der Waals surface area (Å²) >= 11 is 3.45. The van der Waals surface area contributed by atoms with Crippen LogP contribution in [-0.2, 0) is 0 Å². The Labute approximate surface area is 182 Å².